The van der Waals surface area contributed by atoms with E-state index < -0.39 is 17.7 Å². The largest absolute Gasteiger partial charge is 0.420 e. The summed E-state index contributed by atoms with van der Waals surface area (Å²) in [5, 5.41) is 11.0. The molecular weight excluding hydrogens is 567 g/mol. The molecule has 0 spiro atoms. The number of benzene rings is 1. The normalized spacial score (nSPS) is 18.6. The van der Waals surface area contributed by atoms with Crippen LogP contribution in [0.2, 0.25) is 0 Å². The number of hydrogen-bond acceptors (Lipinski definition) is 8. The van der Waals surface area contributed by atoms with Crippen molar-refractivity contribution < 1.29 is 18.3 Å². The lowest BCUT2D eigenvalue weighted by Crippen LogP contribution is -2.41. The van der Waals surface area contributed by atoms with Crippen molar-refractivity contribution in [3.8, 4) is 16.9 Å². The van der Waals surface area contributed by atoms with E-state index in [1.165, 1.54) is 16.8 Å². The topological polar surface area (TPSA) is 132 Å². The molecule has 0 unspecified atom stereocenters. The van der Waals surface area contributed by atoms with Crippen LogP contribution >= 0.6 is 0 Å². The minimum absolute atomic E-state index is 0.116. The predicted octanol–water partition coefficient (Wildman–Crippen LogP) is 4.19. The van der Waals surface area contributed by atoms with Crippen LogP contribution in [0, 0.1) is 12.9 Å². The Hall–Kier alpha value is -4.88. The summed E-state index contributed by atoms with van der Waals surface area (Å²) in [7, 11) is 5.22. The van der Waals surface area contributed by atoms with Crippen LogP contribution in [0.5, 0.6) is 0 Å². The van der Waals surface area contributed by atoms with Crippen molar-refractivity contribution in [1.82, 2.24) is 34.5 Å². The second-order valence-corrected chi connectivity index (χ2v) is 10.9. The Balaban J connectivity index is 1.33. The molecule has 6 rings (SSSR count). The van der Waals surface area contributed by atoms with E-state index in [1.807, 2.05) is 44.3 Å². The maximum atomic E-state index is 14.1. The van der Waals surface area contributed by atoms with E-state index in [4.69, 9.17) is 14.3 Å². The minimum atomic E-state index is -0.572. The smallest absolute Gasteiger partial charge is 0.406 e. The fraction of sp³-hybridized carbons (Fsp3) is 0.323. The fourth-order valence-corrected chi connectivity index (χ4v) is 6.01. The number of ether oxygens (including phenoxy) is 1. The van der Waals surface area contributed by atoms with E-state index in [0.717, 1.165) is 17.7 Å². The molecular formula is C31H33FN8O4. The van der Waals surface area contributed by atoms with Crippen LogP contribution < -0.4 is 16.4 Å². The highest BCUT2D eigenvalue weighted by Crippen LogP contribution is 2.37. The summed E-state index contributed by atoms with van der Waals surface area (Å²) < 4.78 is 27.8. The van der Waals surface area contributed by atoms with Gasteiger partial charge in [-0.15, -0.1) is 0 Å². The number of hydrogen-bond donors (Lipinski definition) is 2. The minimum Gasteiger partial charge on any atom is -0.406 e. The number of para-hydroxylation sites is 1. The molecule has 1 aromatic carbocycles. The van der Waals surface area contributed by atoms with Crippen LogP contribution in [-0.2, 0) is 11.8 Å². The molecule has 0 bridgehead atoms. The first-order chi connectivity index (χ1) is 21.2. The van der Waals surface area contributed by atoms with Crippen molar-refractivity contribution in [2.45, 2.75) is 37.9 Å². The maximum Gasteiger partial charge on any atom is 0.420 e. The highest BCUT2D eigenvalue weighted by Gasteiger charge is 2.40. The number of likely N-dealkylation sites (N-methyl/N-ethyl adjacent to an activating group) is 1. The molecule has 4 aromatic heterocycles. The molecule has 5 heterocycles. The second-order valence-electron chi connectivity index (χ2n) is 10.9. The van der Waals surface area contributed by atoms with Gasteiger partial charge < -0.3 is 14.5 Å². The molecule has 2 amide bonds. The molecule has 1 aliphatic heterocycles. The van der Waals surface area contributed by atoms with Crippen molar-refractivity contribution in [3.63, 3.8) is 0 Å². The summed E-state index contributed by atoms with van der Waals surface area (Å²) >= 11 is 0. The molecule has 228 valence electrons. The third-order valence-corrected chi connectivity index (χ3v) is 8.24. The summed E-state index contributed by atoms with van der Waals surface area (Å²) in [6, 6.07) is 13.4. The average molecular weight is 601 g/mol. The molecule has 44 heavy (non-hydrogen) atoms. The number of urea groups is 1. The molecule has 12 nitrogen and oxygen atoms in total. The number of carbonyl (C=O) groups is 1. The Morgan fingerprint density at radius 2 is 1.95 bits per heavy atom. The van der Waals surface area contributed by atoms with Gasteiger partial charge in [0.05, 0.1) is 23.5 Å². The van der Waals surface area contributed by atoms with E-state index in [2.05, 4.69) is 25.5 Å². The number of rotatable bonds is 8. The van der Waals surface area contributed by atoms with Crippen LogP contribution in [0.3, 0.4) is 0 Å². The van der Waals surface area contributed by atoms with Crippen molar-refractivity contribution >= 4 is 23.1 Å². The van der Waals surface area contributed by atoms with Gasteiger partial charge >= 0.3 is 11.8 Å². The highest BCUT2D eigenvalue weighted by atomic mass is 19.1. The summed E-state index contributed by atoms with van der Waals surface area (Å²) in [6.45, 7) is 2.42. The molecule has 0 radical (unpaired) electrons. The van der Waals surface area contributed by atoms with Crippen LogP contribution in [0.15, 0.2) is 70.1 Å². The molecule has 5 aromatic rings. The lowest BCUT2D eigenvalue weighted by atomic mass is 10.0. The predicted molar refractivity (Wildman–Crippen MR) is 162 cm³/mol. The summed E-state index contributed by atoms with van der Waals surface area (Å²) in [6.07, 6.45) is 4.48. The number of likely N-dealkylation sites (tertiary alicyclic amines) is 1. The first-order valence-electron chi connectivity index (χ1n) is 14.3. The number of nitrogens with zero attached hydrogens (tertiary/aromatic N) is 6. The summed E-state index contributed by atoms with van der Waals surface area (Å²) in [5.74, 6) is -0.617. The SMILES string of the molecule is COCC[C@@H]1C[C@@H](NC(=O)Nc2c(C)c(-c3cnc4c(c3)oc(=O)n4C)nn2-c2ccccc2)[C@H](c2ccnc(F)c2)N1C. The van der Waals surface area contributed by atoms with Crippen molar-refractivity contribution in [2.75, 3.05) is 26.1 Å². The zero-order valence-corrected chi connectivity index (χ0v) is 24.8. The van der Waals surface area contributed by atoms with Crippen molar-refractivity contribution in [1.29, 1.82) is 0 Å². The number of nitrogens with one attached hydrogen (secondary N) is 2. The van der Waals surface area contributed by atoms with Crippen LogP contribution in [0.1, 0.15) is 30.0 Å². The molecule has 1 aliphatic rings. The second kappa shape index (κ2) is 12.0. The molecule has 2 N–H and O–H groups in total. The van der Waals surface area contributed by atoms with Gasteiger partial charge in [-0.25, -0.2) is 24.2 Å². The standard InChI is InChI=1S/C31H33FN8O4/c1-18-26(20-14-24-29(34-17-20)39(3)31(42)44-24)37-40(21-8-6-5-7-9-21)28(18)36-30(41)35-23-16-22(11-13-43-4)38(2)27(23)19-10-12-33-25(32)15-19/h5-10,12,14-15,17,22-23,27H,11,13,16H2,1-4H3,(H2,35,36,41)/t22-,23-,27+/m1/s1. The van der Waals surface area contributed by atoms with Crippen molar-refractivity contribution in [3.05, 3.63) is 88.5 Å². The van der Waals surface area contributed by atoms with Crippen LogP contribution in [0.25, 0.3) is 28.2 Å². The van der Waals surface area contributed by atoms with Crippen LogP contribution in [0.4, 0.5) is 15.0 Å². The van der Waals surface area contributed by atoms with E-state index in [0.29, 0.717) is 46.9 Å². The number of aromatic nitrogens is 5. The lowest BCUT2D eigenvalue weighted by Gasteiger charge is -2.28. The molecule has 13 heteroatoms. The van der Waals surface area contributed by atoms with Gasteiger partial charge in [0.2, 0.25) is 5.95 Å². The van der Waals surface area contributed by atoms with Gasteiger partial charge in [0.25, 0.3) is 0 Å². The molecule has 3 atom stereocenters. The number of methoxy groups -OCH3 is 1. The quantitative estimate of drug-likeness (QED) is 0.254. The number of aryl methyl sites for hydroxylation is 1. The van der Waals surface area contributed by atoms with Gasteiger partial charge in [-0.3, -0.25) is 14.8 Å². The van der Waals surface area contributed by atoms with Crippen molar-refractivity contribution in [2.24, 2.45) is 7.05 Å². The third-order valence-electron chi connectivity index (χ3n) is 8.24. The Morgan fingerprint density at radius 1 is 1.16 bits per heavy atom. The van der Waals surface area contributed by atoms with Crippen LogP contribution in [-0.4, -0.2) is 68.1 Å². The van der Waals surface area contributed by atoms with Gasteiger partial charge in [-0.1, -0.05) is 18.2 Å². The number of oxazole rings is 1. The maximum absolute atomic E-state index is 14.1. The zero-order chi connectivity index (χ0) is 31.0. The molecule has 1 fully saturated rings. The van der Waals surface area contributed by atoms with Gasteiger partial charge in [-0.2, -0.15) is 9.49 Å². The highest BCUT2D eigenvalue weighted by molar-refractivity contribution is 5.91. The zero-order valence-electron chi connectivity index (χ0n) is 24.8. The fourth-order valence-electron chi connectivity index (χ4n) is 6.01. The number of carbonyl (C=O) groups excluding carboxylic acids is 1. The first kappa shape index (κ1) is 29.2. The average Bonchev–Trinajstić information content (AvgIpc) is 3.61. The van der Waals surface area contributed by atoms with Gasteiger partial charge in [0, 0.05) is 50.3 Å². The molecule has 0 aliphatic carbocycles. The van der Waals surface area contributed by atoms with E-state index in [1.54, 1.807) is 37.2 Å². The molecule has 0 saturated carbocycles. The van der Waals surface area contributed by atoms with E-state index >= 15 is 0 Å². The first-order valence-corrected chi connectivity index (χ1v) is 14.3. The van der Waals surface area contributed by atoms with Gasteiger partial charge in [-0.05, 0) is 62.7 Å². The Kier molecular flexibility index (Phi) is 7.97. The third kappa shape index (κ3) is 5.47. The summed E-state index contributed by atoms with van der Waals surface area (Å²) in [4.78, 5) is 36.0. The number of halogens is 1. The number of pyridine rings is 2. The Labute approximate surface area is 252 Å². The van der Waals surface area contributed by atoms with E-state index in [-0.39, 0.29) is 18.1 Å². The molecule has 1 saturated heterocycles. The monoisotopic (exact) mass is 600 g/mol. The lowest BCUT2D eigenvalue weighted by molar-refractivity contribution is 0.150. The summed E-state index contributed by atoms with van der Waals surface area (Å²) in [5.41, 5.74) is 4.11. The van der Waals surface area contributed by atoms with Gasteiger partial charge in [0.15, 0.2) is 11.2 Å². The Morgan fingerprint density at radius 3 is 2.70 bits per heavy atom. The van der Waals surface area contributed by atoms with Gasteiger partial charge in [0.1, 0.15) is 5.82 Å². The number of amides is 2. The Bertz CT molecular complexity index is 1870. The number of anilines is 1. The van der Waals surface area contributed by atoms with E-state index in [9.17, 15) is 14.0 Å². The number of fused-ring (bicyclic) bond motifs is 1.